The van der Waals surface area contributed by atoms with E-state index in [0.29, 0.717) is 31.1 Å². The molecule has 0 saturated carbocycles. The van der Waals surface area contributed by atoms with Crippen LogP contribution >= 0.6 is 0 Å². The number of hydrogen-bond acceptors (Lipinski definition) is 5. The smallest absolute Gasteiger partial charge is 0.335 e. The summed E-state index contributed by atoms with van der Waals surface area (Å²) in [5.41, 5.74) is 3.77. The molecule has 0 aromatic heterocycles. The lowest BCUT2D eigenvalue weighted by atomic mass is 9.99. The fourth-order valence-corrected chi connectivity index (χ4v) is 2.16. The van der Waals surface area contributed by atoms with Crippen molar-refractivity contribution in [3.63, 3.8) is 0 Å². The van der Waals surface area contributed by atoms with Crippen LogP contribution in [-0.4, -0.2) is 37.4 Å². The Morgan fingerprint density at radius 2 is 1.70 bits per heavy atom. The van der Waals surface area contributed by atoms with Gasteiger partial charge in [0.15, 0.2) is 0 Å². The van der Waals surface area contributed by atoms with E-state index in [2.05, 4.69) is 38.1 Å². The largest absolute Gasteiger partial charge is 0.481 e. The molecule has 0 fully saturated rings. The van der Waals surface area contributed by atoms with Gasteiger partial charge in [0.1, 0.15) is 24.7 Å². The number of ether oxygens (including phenoxy) is 2. The molecule has 0 atom stereocenters. The summed E-state index contributed by atoms with van der Waals surface area (Å²) >= 11 is 0. The summed E-state index contributed by atoms with van der Waals surface area (Å²) in [7, 11) is 0. The van der Waals surface area contributed by atoms with Gasteiger partial charge in [-0.05, 0) is 30.4 Å². The normalized spacial score (nSPS) is 10.7. The van der Waals surface area contributed by atoms with E-state index in [1.54, 1.807) is 0 Å². The average Bonchev–Trinajstić information content (AvgIpc) is 2.60. The maximum Gasteiger partial charge on any atom is 0.335 e. The van der Waals surface area contributed by atoms with Gasteiger partial charge in [0, 0.05) is 12.1 Å². The van der Waals surface area contributed by atoms with Gasteiger partial charge in [-0.2, -0.15) is 0 Å². The van der Waals surface area contributed by atoms with Gasteiger partial charge < -0.3 is 19.4 Å². The van der Waals surface area contributed by atoms with Gasteiger partial charge in [-0.25, -0.2) is 10.3 Å². The van der Waals surface area contributed by atoms with Crippen LogP contribution in [0.15, 0.2) is 12.1 Å². The summed E-state index contributed by atoms with van der Waals surface area (Å²) in [4.78, 5) is 16.8. The number of benzene rings is 1. The predicted molar refractivity (Wildman–Crippen MR) is 104 cm³/mol. The predicted octanol–water partition coefficient (Wildman–Crippen LogP) is 2.91. The Hall–Kier alpha value is -2.67. The van der Waals surface area contributed by atoms with E-state index in [1.807, 2.05) is 0 Å². The number of aromatic carboxylic acids is 1. The zero-order chi connectivity index (χ0) is 20.3. The van der Waals surface area contributed by atoms with Crippen LogP contribution in [-0.2, 0) is 11.3 Å². The van der Waals surface area contributed by atoms with E-state index in [1.165, 1.54) is 12.1 Å². The zero-order valence-corrected chi connectivity index (χ0v) is 16.1. The van der Waals surface area contributed by atoms with Gasteiger partial charge in [-0.15, -0.1) is 12.8 Å². The van der Waals surface area contributed by atoms with Gasteiger partial charge in [0.05, 0.1) is 12.2 Å². The lowest BCUT2D eigenvalue weighted by Gasteiger charge is -2.18. The first-order chi connectivity index (χ1) is 12.8. The molecule has 0 aliphatic rings. The summed E-state index contributed by atoms with van der Waals surface area (Å²) in [5, 5.41) is 9.30. The molecule has 0 aliphatic heterocycles. The topological polar surface area (TPSA) is 77.0 Å². The molecule has 0 saturated heterocycles. The molecule has 6 heteroatoms. The van der Waals surface area contributed by atoms with Crippen molar-refractivity contribution in [2.45, 2.75) is 33.6 Å². The third-order valence-corrected chi connectivity index (χ3v) is 3.35. The first-order valence-electron chi connectivity index (χ1n) is 8.66. The van der Waals surface area contributed by atoms with E-state index >= 15 is 0 Å². The summed E-state index contributed by atoms with van der Waals surface area (Å²) in [6, 6.07) is 2.89. The lowest BCUT2D eigenvalue weighted by molar-refractivity contribution is -0.00307. The molecular formula is C21H27NO5. The number of carbonyl (C=O) groups is 1. The van der Waals surface area contributed by atoms with Gasteiger partial charge in [-0.3, -0.25) is 0 Å². The molecule has 0 amide bonds. The minimum absolute atomic E-state index is 0.0254. The second-order valence-corrected chi connectivity index (χ2v) is 7.09. The number of carboxylic acid groups (broad SMARTS) is 1. The van der Waals surface area contributed by atoms with Gasteiger partial charge in [-0.1, -0.05) is 32.6 Å². The fraction of sp³-hybridized carbons (Fsp3) is 0.476. The third-order valence-electron chi connectivity index (χ3n) is 3.35. The van der Waals surface area contributed by atoms with Crippen molar-refractivity contribution in [3.05, 3.63) is 23.3 Å². The molecule has 0 radical (unpaired) electrons. The Balaban J connectivity index is 2.88. The number of nitrogens with one attached hydrogen (secondary N) is 1. The first-order valence-corrected chi connectivity index (χ1v) is 8.66. The maximum absolute atomic E-state index is 11.4. The second kappa shape index (κ2) is 11.1. The first kappa shape index (κ1) is 22.4. The highest BCUT2D eigenvalue weighted by Gasteiger charge is 2.17. The van der Waals surface area contributed by atoms with E-state index in [4.69, 9.17) is 27.2 Å². The van der Waals surface area contributed by atoms with Crippen molar-refractivity contribution < 1.29 is 24.2 Å². The minimum atomic E-state index is -1.09. The van der Waals surface area contributed by atoms with Crippen molar-refractivity contribution in [3.8, 4) is 36.2 Å². The summed E-state index contributed by atoms with van der Waals surface area (Å²) in [6.45, 7) is 7.51. The minimum Gasteiger partial charge on any atom is -0.481 e. The summed E-state index contributed by atoms with van der Waals surface area (Å²) < 4.78 is 11.1. The highest BCUT2D eigenvalue weighted by molar-refractivity contribution is 5.89. The Bertz CT molecular complexity index is 668. The van der Waals surface area contributed by atoms with Crippen molar-refractivity contribution in [1.29, 1.82) is 0 Å². The van der Waals surface area contributed by atoms with E-state index in [-0.39, 0.29) is 24.2 Å². The highest BCUT2D eigenvalue weighted by Crippen LogP contribution is 2.32. The van der Waals surface area contributed by atoms with Crippen molar-refractivity contribution >= 4 is 5.97 Å². The maximum atomic E-state index is 11.4. The number of rotatable bonds is 11. The van der Waals surface area contributed by atoms with Crippen molar-refractivity contribution in [2.24, 2.45) is 5.41 Å². The lowest BCUT2D eigenvalue weighted by Crippen LogP contribution is -2.24. The number of terminal acetylenes is 2. The van der Waals surface area contributed by atoms with Crippen LogP contribution in [0.2, 0.25) is 0 Å². The Labute approximate surface area is 161 Å². The molecule has 27 heavy (non-hydrogen) atoms. The van der Waals surface area contributed by atoms with Crippen molar-refractivity contribution in [2.75, 3.05) is 26.4 Å². The molecular weight excluding hydrogens is 346 g/mol. The molecule has 2 N–H and O–H groups in total. The Kier molecular flexibility index (Phi) is 9.22. The summed E-state index contributed by atoms with van der Waals surface area (Å²) in [5.74, 6) is 4.44. The molecule has 6 nitrogen and oxygen atoms in total. The molecule has 0 bridgehead atoms. The Morgan fingerprint density at radius 1 is 1.15 bits per heavy atom. The number of carboxylic acids is 1. The molecule has 0 aliphatic carbocycles. The molecule has 1 aromatic rings. The quantitative estimate of drug-likeness (QED) is 0.353. The van der Waals surface area contributed by atoms with Gasteiger partial charge in [0.2, 0.25) is 0 Å². The van der Waals surface area contributed by atoms with Crippen LogP contribution in [0.5, 0.6) is 11.5 Å². The van der Waals surface area contributed by atoms with Crippen LogP contribution < -0.4 is 15.0 Å². The summed E-state index contributed by atoms with van der Waals surface area (Å²) in [6.07, 6.45) is 11.8. The second-order valence-electron chi connectivity index (χ2n) is 7.09. The van der Waals surface area contributed by atoms with E-state index in [0.717, 1.165) is 12.0 Å². The van der Waals surface area contributed by atoms with Crippen molar-refractivity contribution in [1.82, 2.24) is 5.48 Å². The standard InChI is InChI=1S/C21H27NO5/c1-6-11-25-18-13-16(20(23)24)14-19(26-12-7-2)17(18)9-8-10-22-27-15-21(3,4)5/h1-2,13-14,22H,8-12,15H2,3-5H3,(H,23,24). The Morgan fingerprint density at radius 3 is 2.15 bits per heavy atom. The molecule has 0 spiro atoms. The monoisotopic (exact) mass is 373 g/mol. The van der Waals surface area contributed by atoms with Gasteiger partial charge >= 0.3 is 5.97 Å². The molecule has 1 rings (SSSR count). The van der Waals surface area contributed by atoms with E-state index in [9.17, 15) is 9.90 Å². The van der Waals surface area contributed by atoms with Crippen LogP contribution in [0.4, 0.5) is 0 Å². The number of hydroxylamine groups is 1. The fourth-order valence-electron chi connectivity index (χ4n) is 2.16. The zero-order valence-electron chi connectivity index (χ0n) is 16.1. The average molecular weight is 373 g/mol. The van der Waals surface area contributed by atoms with Crippen LogP contribution in [0.1, 0.15) is 43.1 Å². The van der Waals surface area contributed by atoms with Crippen LogP contribution in [0.25, 0.3) is 0 Å². The highest BCUT2D eigenvalue weighted by atomic mass is 16.6. The molecule has 0 heterocycles. The molecule has 146 valence electrons. The number of hydrogen-bond donors (Lipinski definition) is 2. The molecule has 1 aromatic carbocycles. The molecule has 0 unspecified atom stereocenters. The third kappa shape index (κ3) is 8.50. The van der Waals surface area contributed by atoms with E-state index < -0.39 is 5.97 Å². The SMILES string of the molecule is C#CCOc1cc(C(=O)O)cc(OCC#C)c1CCCNOCC(C)(C)C. The van der Waals surface area contributed by atoms with Crippen LogP contribution in [0, 0.1) is 30.1 Å². The van der Waals surface area contributed by atoms with Gasteiger partial charge in [0.25, 0.3) is 0 Å². The van der Waals surface area contributed by atoms with Crippen LogP contribution in [0.3, 0.4) is 0 Å².